The molecule has 3 fully saturated rings. The Morgan fingerprint density at radius 1 is 1.12 bits per heavy atom. The number of guanidine groups is 1. The van der Waals surface area contributed by atoms with Crippen molar-refractivity contribution >= 4 is 5.96 Å². The summed E-state index contributed by atoms with van der Waals surface area (Å²) in [7, 11) is 0. The molecule has 2 heterocycles. The van der Waals surface area contributed by atoms with Crippen molar-refractivity contribution in [1.82, 2.24) is 15.1 Å². The third-order valence-corrected chi connectivity index (χ3v) is 5.94. The Labute approximate surface area is 147 Å². The minimum Gasteiger partial charge on any atom is -0.388 e. The molecule has 3 rings (SSSR count). The van der Waals surface area contributed by atoms with E-state index in [1.165, 1.54) is 45.3 Å². The Bertz CT molecular complexity index is 414. The van der Waals surface area contributed by atoms with Gasteiger partial charge in [-0.15, -0.1) is 0 Å². The molecule has 138 valence electrons. The maximum Gasteiger partial charge on any atom is 0.194 e. The average molecular weight is 337 g/mol. The first-order valence-electron chi connectivity index (χ1n) is 10.2. The van der Waals surface area contributed by atoms with Crippen LogP contribution in [-0.2, 0) is 0 Å². The molecule has 0 aromatic rings. The third-order valence-electron chi connectivity index (χ3n) is 5.94. The van der Waals surface area contributed by atoms with Crippen LogP contribution in [0, 0.1) is 5.92 Å². The highest BCUT2D eigenvalue weighted by Crippen LogP contribution is 2.28. The number of nitrogens with zero attached hydrogens (tertiary/aromatic N) is 3. The van der Waals surface area contributed by atoms with Crippen molar-refractivity contribution < 1.29 is 5.11 Å². The van der Waals surface area contributed by atoms with E-state index in [0.29, 0.717) is 6.54 Å². The van der Waals surface area contributed by atoms with E-state index in [1.807, 2.05) is 0 Å². The molecule has 5 nitrogen and oxygen atoms in total. The van der Waals surface area contributed by atoms with Crippen LogP contribution in [0.2, 0.25) is 0 Å². The van der Waals surface area contributed by atoms with E-state index in [-0.39, 0.29) is 0 Å². The number of nitrogens with one attached hydrogen (secondary N) is 1. The molecule has 2 aliphatic heterocycles. The lowest BCUT2D eigenvalue weighted by Crippen LogP contribution is -2.43. The zero-order chi connectivity index (χ0) is 16.8. The average Bonchev–Trinajstić information content (AvgIpc) is 3.25. The van der Waals surface area contributed by atoms with Crippen molar-refractivity contribution in [1.29, 1.82) is 0 Å². The lowest BCUT2D eigenvalue weighted by Gasteiger charge is -2.31. The Morgan fingerprint density at radius 3 is 2.58 bits per heavy atom. The molecule has 3 aliphatic rings. The Morgan fingerprint density at radius 2 is 1.88 bits per heavy atom. The van der Waals surface area contributed by atoms with Crippen LogP contribution < -0.4 is 5.32 Å². The number of hydrogen-bond donors (Lipinski definition) is 2. The van der Waals surface area contributed by atoms with Crippen molar-refractivity contribution in [3.05, 3.63) is 0 Å². The highest BCUT2D eigenvalue weighted by atomic mass is 16.3. The summed E-state index contributed by atoms with van der Waals surface area (Å²) in [6, 6.07) is 0. The number of likely N-dealkylation sites (tertiary alicyclic amines) is 2. The van der Waals surface area contributed by atoms with Crippen molar-refractivity contribution in [2.45, 2.75) is 63.9 Å². The second kappa shape index (κ2) is 8.52. The van der Waals surface area contributed by atoms with E-state index >= 15 is 0 Å². The molecule has 2 N–H and O–H groups in total. The maximum absolute atomic E-state index is 10.7. The predicted octanol–water partition coefficient (Wildman–Crippen LogP) is 2.06. The van der Waals surface area contributed by atoms with E-state index < -0.39 is 5.60 Å². The van der Waals surface area contributed by atoms with Gasteiger partial charge in [0.2, 0.25) is 0 Å². The fourth-order valence-corrected chi connectivity index (χ4v) is 4.52. The number of aliphatic imine (C=N–C) groups is 1. The summed E-state index contributed by atoms with van der Waals surface area (Å²) in [5.74, 6) is 1.78. The van der Waals surface area contributed by atoms with E-state index in [1.54, 1.807) is 0 Å². The van der Waals surface area contributed by atoms with Gasteiger partial charge < -0.3 is 20.2 Å². The first-order valence-corrected chi connectivity index (χ1v) is 10.2. The summed E-state index contributed by atoms with van der Waals surface area (Å²) in [5, 5.41) is 14.2. The molecule has 1 unspecified atom stereocenters. The normalized spacial score (nSPS) is 28.5. The smallest absolute Gasteiger partial charge is 0.194 e. The van der Waals surface area contributed by atoms with Gasteiger partial charge in [-0.1, -0.05) is 19.3 Å². The summed E-state index contributed by atoms with van der Waals surface area (Å²) in [6.07, 6.45) is 9.38. The van der Waals surface area contributed by atoms with Crippen LogP contribution in [0.3, 0.4) is 0 Å². The minimum absolute atomic E-state index is 0.558. The van der Waals surface area contributed by atoms with E-state index in [0.717, 1.165) is 57.2 Å². The molecule has 0 spiro atoms. The molecule has 5 heteroatoms. The minimum atomic E-state index is -0.562. The quantitative estimate of drug-likeness (QED) is 0.596. The van der Waals surface area contributed by atoms with Crippen LogP contribution in [0.1, 0.15) is 58.3 Å². The van der Waals surface area contributed by atoms with Gasteiger partial charge in [0, 0.05) is 26.2 Å². The Hall–Kier alpha value is -0.810. The van der Waals surface area contributed by atoms with Crippen LogP contribution in [0.15, 0.2) is 4.99 Å². The number of hydrogen-bond acceptors (Lipinski definition) is 3. The molecule has 1 saturated carbocycles. The fourth-order valence-electron chi connectivity index (χ4n) is 4.52. The van der Waals surface area contributed by atoms with E-state index in [2.05, 4.69) is 22.0 Å². The van der Waals surface area contributed by atoms with Crippen LogP contribution in [-0.4, -0.2) is 72.3 Å². The van der Waals surface area contributed by atoms with Crippen molar-refractivity contribution in [2.24, 2.45) is 10.9 Å². The lowest BCUT2D eigenvalue weighted by atomic mass is 9.85. The SMILES string of the molecule is CCNC(=NCC1(O)CCCCC1)N1CCC(CN2CCCC2)C1. The van der Waals surface area contributed by atoms with Gasteiger partial charge in [-0.05, 0) is 58.0 Å². The molecule has 0 aromatic carbocycles. The summed E-state index contributed by atoms with van der Waals surface area (Å²) >= 11 is 0. The number of rotatable bonds is 5. The van der Waals surface area contributed by atoms with Gasteiger partial charge in [0.1, 0.15) is 0 Å². The zero-order valence-electron chi connectivity index (χ0n) is 15.5. The summed E-state index contributed by atoms with van der Waals surface area (Å²) in [6.45, 7) is 9.62. The highest BCUT2D eigenvalue weighted by Gasteiger charge is 2.31. The molecule has 0 amide bonds. The van der Waals surface area contributed by atoms with Crippen molar-refractivity contribution in [2.75, 3.05) is 45.8 Å². The monoisotopic (exact) mass is 336 g/mol. The van der Waals surface area contributed by atoms with Gasteiger partial charge in [0.05, 0.1) is 12.1 Å². The second-order valence-electron chi connectivity index (χ2n) is 8.06. The predicted molar refractivity (Wildman–Crippen MR) is 99.4 cm³/mol. The van der Waals surface area contributed by atoms with E-state index in [9.17, 15) is 5.11 Å². The summed E-state index contributed by atoms with van der Waals surface area (Å²) in [4.78, 5) is 9.87. The molecular weight excluding hydrogens is 300 g/mol. The third kappa shape index (κ3) is 4.85. The Balaban J connectivity index is 1.53. The fraction of sp³-hybridized carbons (Fsp3) is 0.947. The molecule has 0 aromatic heterocycles. The van der Waals surface area contributed by atoms with Crippen molar-refractivity contribution in [3.8, 4) is 0 Å². The van der Waals surface area contributed by atoms with Gasteiger partial charge in [0.25, 0.3) is 0 Å². The summed E-state index contributed by atoms with van der Waals surface area (Å²) < 4.78 is 0. The van der Waals surface area contributed by atoms with Crippen molar-refractivity contribution in [3.63, 3.8) is 0 Å². The summed E-state index contributed by atoms with van der Waals surface area (Å²) in [5.41, 5.74) is -0.562. The van der Waals surface area contributed by atoms with Gasteiger partial charge in [0.15, 0.2) is 5.96 Å². The molecular formula is C19H36N4O. The topological polar surface area (TPSA) is 51.1 Å². The van der Waals surface area contributed by atoms with Gasteiger partial charge >= 0.3 is 0 Å². The lowest BCUT2D eigenvalue weighted by molar-refractivity contribution is 0.0130. The van der Waals surface area contributed by atoms with Gasteiger partial charge in [-0.25, -0.2) is 0 Å². The van der Waals surface area contributed by atoms with Crippen LogP contribution in [0.25, 0.3) is 0 Å². The molecule has 1 atom stereocenters. The standard InChI is InChI=1S/C19H36N4O/c1-2-20-18(21-16-19(24)9-4-3-5-10-19)23-13-8-17(15-23)14-22-11-6-7-12-22/h17,24H,2-16H2,1H3,(H,20,21). The van der Waals surface area contributed by atoms with Gasteiger partial charge in [-0.2, -0.15) is 0 Å². The maximum atomic E-state index is 10.7. The largest absolute Gasteiger partial charge is 0.388 e. The molecule has 0 bridgehead atoms. The first-order chi connectivity index (χ1) is 11.7. The Kier molecular flexibility index (Phi) is 6.39. The number of aliphatic hydroxyl groups is 1. The van der Waals surface area contributed by atoms with Crippen LogP contribution in [0.5, 0.6) is 0 Å². The molecule has 24 heavy (non-hydrogen) atoms. The molecule has 2 saturated heterocycles. The zero-order valence-corrected chi connectivity index (χ0v) is 15.5. The highest BCUT2D eigenvalue weighted by molar-refractivity contribution is 5.80. The van der Waals surface area contributed by atoms with Crippen LogP contribution >= 0.6 is 0 Å². The second-order valence-corrected chi connectivity index (χ2v) is 8.06. The van der Waals surface area contributed by atoms with Gasteiger partial charge in [-0.3, -0.25) is 4.99 Å². The first kappa shape index (κ1) is 18.0. The molecule has 1 aliphatic carbocycles. The van der Waals surface area contributed by atoms with E-state index in [4.69, 9.17) is 4.99 Å². The molecule has 0 radical (unpaired) electrons. The van der Waals surface area contributed by atoms with Crippen LogP contribution in [0.4, 0.5) is 0 Å².